The summed E-state index contributed by atoms with van der Waals surface area (Å²) in [5.74, 6) is -0.0376. The largest absolute Gasteiger partial charge is 0.488 e. The van der Waals surface area contributed by atoms with Gasteiger partial charge in [0.1, 0.15) is 12.4 Å². The van der Waals surface area contributed by atoms with Gasteiger partial charge in [0.15, 0.2) is 0 Å². The molecule has 1 saturated heterocycles. The first-order valence-corrected chi connectivity index (χ1v) is 9.16. The molecule has 1 aromatic heterocycles. The maximum absolute atomic E-state index is 13.6. The van der Waals surface area contributed by atoms with Crippen LogP contribution in [-0.2, 0) is 19.0 Å². The molecule has 0 unspecified atom stereocenters. The Morgan fingerprint density at radius 2 is 1.66 bits per heavy atom. The van der Waals surface area contributed by atoms with Crippen molar-refractivity contribution in [1.29, 1.82) is 0 Å². The molecule has 0 radical (unpaired) electrons. The highest BCUT2D eigenvalue weighted by molar-refractivity contribution is 5.85. The molecule has 32 heavy (non-hydrogen) atoms. The minimum absolute atomic E-state index is 0. The number of ether oxygens (including phenoxy) is 1. The van der Waals surface area contributed by atoms with Gasteiger partial charge < -0.3 is 14.6 Å². The van der Waals surface area contributed by atoms with E-state index < -0.39 is 29.2 Å². The van der Waals surface area contributed by atoms with Crippen LogP contribution in [0.2, 0.25) is 0 Å². The summed E-state index contributed by atoms with van der Waals surface area (Å²) in [6, 6.07) is 7.35. The van der Waals surface area contributed by atoms with Gasteiger partial charge in [-0.3, -0.25) is 0 Å². The second kappa shape index (κ2) is 8.99. The van der Waals surface area contributed by atoms with Gasteiger partial charge in [-0.15, -0.1) is 12.4 Å². The molecule has 0 saturated carbocycles. The van der Waals surface area contributed by atoms with E-state index in [1.807, 2.05) is 0 Å². The lowest BCUT2D eigenvalue weighted by Crippen LogP contribution is -2.40. The van der Waals surface area contributed by atoms with E-state index >= 15 is 0 Å². The topological polar surface area (TPSA) is 60.2 Å². The van der Waals surface area contributed by atoms with Gasteiger partial charge in [0.25, 0.3) is 0 Å². The van der Waals surface area contributed by atoms with Crippen molar-refractivity contribution in [2.24, 2.45) is 0 Å². The molecule has 2 heterocycles. The maximum atomic E-state index is 13.6. The summed E-state index contributed by atoms with van der Waals surface area (Å²) < 4.78 is 89.0. The molecule has 12 heteroatoms. The van der Waals surface area contributed by atoms with E-state index in [9.17, 15) is 26.3 Å². The monoisotopic (exact) mass is 479 g/mol. The summed E-state index contributed by atoms with van der Waals surface area (Å²) in [7, 11) is 0. The summed E-state index contributed by atoms with van der Waals surface area (Å²) in [6.45, 7) is 0.986. The van der Waals surface area contributed by atoms with E-state index in [1.165, 1.54) is 6.07 Å². The van der Waals surface area contributed by atoms with Crippen molar-refractivity contribution in [3.63, 3.8) is 0 Å². The quantitative estimate of drug-likeness (QED) is 0.492. The van der Waals surface area contributed by atoms with E-state index in [-0.39, 0.29) is 36.3 Å². The van der Waals surface area contributed by atoms with Crippen LogP contribution in [0.25, 0.3) is 11.4 Å². The van der Waals surface area contributed by atoms with Crippen molar-refractivity contribution in [3.05, 3.63) is 65.0 Å². The maximum Gasteiger partial charge on any atom is 0.419 e. The lowest BCUT2D eigenvalue weighted by molar-refractivity contribution is -0.139. The first-order valence-electron chi connectivity index (χ1n) is 9.16. The summed E-state index contributed by atoms with van der Waals surface area (Å²) in [6.07, 6.45) is -9.22. The van der Waals surface area contributed by atoms with Crippen molar-refractivity contribution < 1.29 is 35.6 Å². The second-order valence-electron chi connectivity index (χ2n) is 7.00. The van der Waals surface area contributed by atoms with Gasteiger partial charge in [0.05, 0.1) is 17.0 Å². The van der Waals surface area contributed by atoms with Gasteiger partial charge in [-0.05, 0) is 35.9 Å². The first-order chi connectivity index (χ1) is 14.6. The molecule has 0 spiro atoms. The molecule has 172 valence electrons. The lowest BCUT2D eigenvalue weighted by Gasteiger charge is -2.22. The summed E-state index contributed by atoms with van der Waals surface area (Å²) >= 11 is 0. The molecule has 0 bridgehead atoms. The van der Waals surface area contributed by atoms with Crippen molar-refractivity contribution in [3.8, 4) is 17.1 Å². The van der Waals surface area contributed by atoms with Crippen LogP contribution in [0.4, 0.5) is 26.3 Å². The normalized spacial score (nSPS) is 14.6. The fourth-order valence-corrected chi connectivity index (χ4v) is 2.95. The van der Waals surface area contributed by atoms with Crippen molar-refractivity contribution in [2.45, 2.75) is 24.9 Å². The number of nitrogens with one attached hydrogen (secondary N) is 1. The predicted molar refractivity (Wildman–Crippen MR) is 103 cm³/mol. The Morgan fingerprint density at radius 1 is 0.969 bits per heavy atom. The smallest absolute Gasteiger partial charge is 0.419 e. The summed E-state index contributed by atoms with van der Waals surface area (Å²) in [5, 5.41) is 6.78. The van der Waals surface area contributed by atoms with Crippen LogP contribution < -0.4 is 10.1 Å². The van der Waals surface area contributed by atoms with Gasteiger partial charge in [0.2, 0.25) is 11.7 Å². The molecule has 4 rings (SSSR count). The third-order valence-corrected chi connectivity index (χ3v) is 4.79. The van der Waals surface area contributed by atoms with Crippen molar-refractivity contribution in [1.82, 2.24) is 15.5 Å². The van der Waals surface area contributed by atoms with E-state index in [2.05, 4.69) is 15.5 Å². The zero-order valence-electron chi connectivity index (χ0n) is 16.1. The number of aromatic nitrogens is 2. The SMILES string of the molecule is Cl.FC(F)(F)c1ccc(COc2ccc(-c3noc(C4CNC4)n3)cc2C(F)(F)F)cc1. The number of nitrogens with zero attached hydrogens (tertiary/aromatic N) is 2. The predicted octanol–water partition coefficient (Wildman–Crippen LogP) is 5.46. The van der Waals surface area contributed by atoms with Gasteiger partial charge >= 0.3 is 12.4 Å². The lowest BCUT2D eigenvalue weighted by atomic mass is 10.0. The molecule has 1 aliphatic heterocycles. The fourth-order valence-electron chi connectivity index (χ4n) is 2.95. The average Bonchev–Trinajstić information content (AvgIpc) is 3.13. The molecule has 1 aliphatic rings. The van der Waals surface area contributed by atoms with Gasteiger partial charge in [-0.1, -0.05) is 17.3 Å². The first kappa shape index (κ1) is 23.9. The van der Waals surface area contributed by atoms with E-state index in [4.69, 9.17) is 9.26 Å². The van der Waals surface area contributed by atoms with Crippen LogP contribution in [0.5, 0.6) is 5.75 Å². The zero-order valence-corrected chi connectivity index (χ0v) is 16.9. The van der Waals surface area contributed by atoms with Gasteiger partial charge in [-0.25, -0.2) is 0 Å². The summed E-state index contributed by atoms with van der Waals surface area (Å²) in [4.78, 5) is 4.16. The highest BCUT2D eigenvalue weighted by Gasteiger charge is 2.35. The average molecular weight is 480 g/mol. The van der Waals surface area contributed by atoms with E-state index in [0.29, 0.717) is 24.5 Å². The molecular weight excluding hydrogens is 464 g/mol. The molecule has 5 nitrogen and oxygen atoms in total. The highest BCUT2D eigenvalue weighted by Crippen LogP contribution is 2.39. The van der Waals surface area contributed by atoms with Crippen LogP contribution in [0.1, 0.15) is 28.5 Å². The Morgan fingerprint density at radius 3 is 2.22 bits per heavy atom. The number of alkyl halides is 6. The molecule has 0 aliphatic carbocycles. The third kappa shape index (κ3) is 5.16. The van der Waals surface area contributed by atoms with Crippen molar-refractivity contribution >= 4 is 12.4 Å². The van der Waals surface area contributed by atoms with Crippen LogP contribution in [0, 0.1) is 0 Å². The third-order valence-electron chi connectivity index (χ3n) is 4.79. The molecule has 0 atom stereocenters. The molecule has 2 aromatic carbocycles. The molecule has 1 N–H and O–H groups in total. The number of benzene rings is 2. The summed E-state index contributed by atoms with van der Waals surface area (Å²) in [5.41, 5.74) is -1.50. The Bertz CT molecular complexity index is 1060. The van der Waals surface area contributed by atoms with Crippen LogP contribution in [-0.4, -0.2) is 23.2 Å². The molecule has 3 aromatic rings. The van der Waals surface area contributed by atoms with Crippen LogP contribution in [0.15, 0.2) is 47.0 Å². The standard InChI is InChI=1S/C20H15F6N3O2.ClH/c21-19(22,23)14-4-1-11(2-5-14)10-30-16-6-3-12(7-15(16)20(24,25)26)17-28-18(31-29-17)13-8-27-9-13;/h1-7,13,27H,8-10H2;1H. The number of halogens is 7. The number of hydrogen-bond acceptors (Lipinski definition) is 5. The Labute approximate surface area is 184 Å². The molecule has 1 fully saturated rings. The highest BCUT2D eigenvalue weighted by atomic mass is 35.5. The minimum atomic E-state index is -4.73. The van der Waals surface area contributed by atoms with Crippen LogP contribution >= 0.6 is 12.4 Å². The molecule has 0 amide bonds. The van der Waals surface area contributed by atoms with Crippen LogP contribution in [0.3, 0.4) is 0 Å². The number of rotatable bonds is 5. The Hall–Kier alpha value is -2.79. The fraction of sp³-hybridized carbons (Fsp3) is 0.300. The Balaban J connectivity index is 0.00000289. The zero-order chi connectivity index (χ0) is 22.2. The Kier molecular flexibility index (Phi) is 6.70. The minimum Gasteiger partial charge on any atom is -0.488 e. The van der Waals surface area contributed by atoms with E-state index in [1.54, 1.807) is 0 Å². The van der Waals surface area contributed by atoms with E-state index in [0.717, 1.165) is 36.4 Å². The number of hydrogen-bond donors (Lipinski definition) is 1. The van der Waals surface area contributed by atoms with Crippen molar-refractivity contribution in [2.75, 3.05) is 13.1 Å². The molecular formula is C20H16ClF6N3O2. The van der Waals surface area contributed by atoms with Gasteiger partial charge in [-0.2, -0.15) is 31.3 Å². The second-order valence-corrected chi connectivity index (χ2v) is 7.00. The van der Waals surface area contributed by atoms with Gasteiger partial charge in [0, 0.05) is 18.7 Å².